The highest BCUT2D eigenvalue weighted by molar-refractivity contribution is 5.77. The minimum atomic E-state index is -0.488. The summed E-state index contributed by atoms with van der Waals surface area (Å²) in [7, 11) is 0. The fourth-order valence-corrected chi connectivity index (χ4v) is 3.25. The third-order valence-corrected chi connectivity index (χ3v) is 4.74. The lowest BCUT2D eigenvalue weighted by Gasteiger charge is -2.10. The van der Waals surface area contributed by atoms with Crippen LogP contribution in [0.1, 0.15) is 5.89 Å². The topological polar surface area (TPSA) is 86.7 Å². The predicted octanol–water partition coefficient (Wildman–Crippen LogP) is 4.07. The molecule has 7 nitrogen and oxygen atoms in total. The molecular formula is C24H17N5O2. The maximum atomic E-state index is 12.8. The van der Waals surface area contributed by atoms with Crippen molar-refractivity contribution in [1.82, 2.24) is 25.0 Å². The molecule has 5 aromatic rings. The van der Waals surface area contributed by atoms with Crippen LogP contribution in [0.5, 0.6) is 0 Å². The number of benzene rings is 3. The highest BCUT2D eigenvalue weighted by atomic mass is 16.4. The van der Waals surface area contributed by atoms with E-state index in [-0.39, 0.29) is 12.4 Å². The first-order valence-electron chi connectivity index (χ1n) is 9.76. The van der Waals surface area contributed by atoms with Crippen molar-refractivity contribution in [3.8, 4) is 34.0 Å². The smallest absolute Gasteiger partial charge is 0.365 e. The second kappa shape index (κ2) is 8.16. The van der Waals surface area contributed by atoms with Crippen molar-refractivity contribution < 1.29 is 4.42 Å². The third kappa shape index (κ3) is 3.89. The van der Waals surface area contributed by atoms with E-state index in [1.54, 1.807) is 0 Å². The summed E-state index contributed by atoms with van der Waals surface area (Å²) in [4.78, 5) is 17.1. The fraction of sp³-hybridized carbons (Fsp3) is 0.0417. The molecule has 0 fully saturated rings. The van der Waals surface area contributed by atoms with Crippen LogP contribution in [-0.2, 0) is 6.54 Å². The van der Waals surface area contributed by atoms with E-state index < -0.39 is 5.69 Å². The minimum absolute atomic E-state index is 0.0283. The summed E-state index contributed by atoms with van der Waals surface area (Å²) in [6.45, 7) is 0.0283. The number of hydrogen-bond donors (Lipinski definition) is 0. The summed E-state index contributed by atoms with van der Waals surface area (Å²) < 4.78 is 6.99. The van der Waals surface area contributed by atoms with E-state index in [0.29, 0.717) is 17.3 Å². The number of hydrogen-bond acceptors (Lipinski definition) is 6. The number of rotatable bonds is 5. The van der Waals surface area contributed by atoms with Crippen LogP contribution < -0.4 is 5.69 Å². The Morgan fingerprint density at radius 3 is 1.84 bits per heavy atom. The lowest BCUT2D eigenvalue weighted by atomic mass is 10.0. The molecule has 0 radical (unpaired) electrons. The van der Waals surface area contributed by atoms with Gasteiger partial charge in [0, 0.05) is 16.7 Å². The molecule has 0 saturated heterocycles. The van der Waals surface area contributed by atoms with Gasteiger partial charge in [-0.25, -0.2) is 9.48 Å². The average Bonchev–Trinajstić information content (AvgIpc) is 3.30. The largest absolute Gasteiger partial charge is 0.419 e. The Balaban J connectivity index is 1.56. The molecule has 31 heavy (non-hydrogen) atoms. The molecule has 0 bridgehead atoms. The summed E-state index contributed by atoms with van der Waals surface area (Å²) >= 11 is 0. The van der Waals surface area contributed by atoms with Gasteiger partial charge in [-0.2, -0.15) is 10.1 Å². The first-order valence-corrected chi connectivity index (χ1v) is 9.76. The van der Waals surface area contributed by atoms with Crippen molar-refractivity contribution in [2.24, 2.45) is 0 Å². The molecule has 0 aliphatic carbocycles. The zero-order valence-electron chi connectivity index (χ0n) is 16.4. The summed E-state index contributed by atoms with van der Waals surface area (Å²) in [5.41, 5.74) is 3.14. The standard InChI is InChI=1S/C24H17N5O2/c30-24-25-21(17-10-4-1-5-11-17)22(18-12-6-2-7-13-18)28-29(24)16-20-26-27-23(31-20)19-14-8-3-9-15-19/h1-15H,16H2. The molecule has 0 aliphatic heterocycles. The van der Waals surface area contributed by atoms with E-state index in [1.165, 1.54) is 4.68 Å². The van der Waals surface area contributed by atoms with Crippen LogP contribution in [0.25, 0.3) is 34.0 Å². The summed E-state index contributed by atoms with van der Waals surface area (Å²) in [6, 6.07) is 28.6. The van der Waals surface area contributed by atoms with Crippen LogP contribution >= 0.6 is 0 Å². The molecule has 7 heteroatoms. The lowest BCUT2D eigenvalue weighted by molar-refractivity contribution is 0.462. The molecular weight excluding hydrogens is 390 g/mol. The number of aromatic nitrogens is 5. The van der Waals surface area contributed by atoms with Gasteiger partial charge in [0.2, 0.25) is 11.8 Å². The third-order valence-electron chi connectivity index (χ3n) is 4.74. The Bertz CT molecular complexity index is 1360. The molecule has 0 aliphatic rings. The normalized spacial score (nSPS) is 10.8. The van der Waals surface area contributed by atoms with Gasteiger partial charge in [-0.05, 0) is 12.1 Å². The van der Waals surface area contributed by atoms with E-state index in [2.05, 4.69) is 20.3 Å². The van der Waals surface area contributed by atoms with Crippen molar-refractivity contribution >= 4 is 0 Å². The van der Waals surface area contributed by atoms with Gasteiger partial charge >= 0.3 is 5.69 Å². The molecule has 0 spiro atoms. The predicted molar refractivity (Wildman–Crippen MR) is 116 cm³/mol. The van der Waals surface area contributed by atoms with Gasteiger partial charge < -0.3 is 4.42 Å². The van der Waals surface area contributed by atoms with Gasteiger partial charge in [0.1, 0.15) is 17.9 Å². The second-order valence-electron chi connectivity index (χ2n) is 6.85. The lowest BCUT2D eigenvalue weighted by Crippen LogP contribution is -2.27. The van der Waals surface area contributed by atoms with E-state index in [0.717, 1.165) is 16.7 Å². The Morgan fingerprint density at radius 1 is 0.677 bits per heavy atom. The minimum Gasteiger partial charge on any atom is -0.419 e. The van der Waals surface area contributed by atoms with Gasteiger partial charge in [-0.3, -0.25) is 0 Å². The van der Waals surface area contributed by atoms with E-state index in [1.807, 2.05) is 91.0 Å². The van der Waals surface area contributed by atoms with Crippen LogP contribution in [0.15, 0.2) is 100 Å². The van der Waals surface area contributed by atoms with Crippen molar-refractivity contribution in [2.75, 3.05) is 0 Å². The highest BCUT2D eigenvalue weighted by Crippen LogP contribution is 2.27. The van der Waals surface area contributed by atoms with Crippen LogP contribution in [0.3, 0.4) is 0 Å². The summed E-state index contributed by atoms with van der Waals surface area (Å²) in [5.74, 6) is 0.669. The van der Waals surface area contributed by atoms with Crippen LogP contribution in [0.2, 0.25) is 0 Å². The summed E-state index contributed by atoms with van der Waals surface area (Å²) in [5, 5.41) is 12.8. The summed E-state index contributed by atoms with van der Waals surface area (Å²) in [6.07, 6.45) is 0. The quantitative estimate of drug-likeness (QED) is 0.436. The first kappa shape index (κ1) is 18.6. The van der Waals surface area contributed by atoms with Gasteiger partial charge in [0.25, 0.3) is 0 Å². The van der Waals surface area contributed by atoms with E-state index >= 15 is 0 Å². The Hall–Kier alpha value is -4.39. The second-order valence-corrected chi connectivity index (χ2v) is 6.85. The van der Waals surface area contributed by atoms with E-state index in [9.17, 15) is 4.79 Å². The zero-order valence-corrected chi connectivity index (χ0v) is 16.4. The van der Waals surface area contributed by atoms with Crippen molar-refractivity contribution in [3.63, 3.8) is 0 Å². The van der Waals surface area contributed by atoms with Crippen molar-refractivity contribution in [2.45, 2.75) is 6.54 Å². The van der Waals surface area contributed by atoms with Crippen LogP contribution in [0.4, 0.5) is 0 Å². The van der Waals surface area contributed by atoms with Crippen molar-refractivity contribution in [1.29, 1.82) is 0 Å². The maximum Gasteiger partial charge on any atom is 0.365 e. The molecule has 2 aromatic heterocycles. The highest BCUT2D eigenvalue weighted by Gasteiger charge is 2.16. The van der Waals surface area contributed by atoms with Crippen molar-refractivity contribution in [3.05, 3.63) is 107 Å². The maximum absolute atomic E-state index is 12.8. The van der Waals surface area contributed by atoms with E-state index in [4.69, 9.17) is 4.42 Å². The van der Waals surface area contributed by atoms with Crippen LogP contribution in [0, 0.1) is 0 Å². The first-order chi connectivity index (χ1) is 15.3. The number of nitrogens with zero attached hydrogens (tertiary/aromatic N) is 5. The SMILES string of the molecule is O=c1nc(-c2ccccc2)c(-c2ccccc2)nn1Cc1nnc(-c2ccccc2)o1. The monoisotopic (exact) mass is 407 g/mol. The zero-order chi connectivity index (χ0) is 21.0. The van der Waals surface area contributed by atoms with Crippen LogP contribution in [-0.4, -0.2) is 25.0 Å². The molecule has 0 N–H and O–H groups in total. The molecule has 0 atom stereocenters. The average molecular weight is 407 g/mol. The molecule has 2 heterocycles. The van der Waals surface area contributed by atoms with Gasteiger partial charge in [-0.1, -0.05) is 78.9 Å². The molecule has 0 amide bonds. The van der Waals surface area contributed by atoms with Gasteiger partial charge in [-0.15, -0.1) is 10.2 Å². The van der Waals surface area contributed by atoms with Gasteiger partial charge in [0.15, 0.2) is 0 Å². The molecule has 0 saturated carbocycles. The molecule has 3 aromatic carbocycles. The van der Waals surface area contributed by atoms with Gasteiger partial charge in [0.05, 0.1) is 0 Å². The Labute approximate surface area is 177 Å². The molecule has 0 unspecified atom stereocenters. The Kier molecular flexibility index (Phi) is 4.90. The molecule has 150 valence electrons. The Morgan fingerprint density at radius 2 is 1.23 bits per heavy atom. The molecule has 5 rings (SSSR count). The fourth-order valence-electron chi connectivity index (χ4n) is 3.25.